The molecule has 5 heteroatoms. The van der Waals surface area contributed by atoms with Gasteiger partial charge in [0.2, 0.25) is 0 Å². The first-order chi connectivity index (χ1) is 11.8. The van der Waals surface area contributed by atoms with Gasteiger partial charge in [-0.15, -0.1) is 0 Å². The first-order valence-corrected chi connectivity index (χ1v) is 8.19. The molecule has 0 amide bonds. The smallest absolute Gasteiger partial charge is 0.123 e. The molecule has 1 saturated heterocycles. The average Bonchev–Trinajstić information content (AvgIpc) is 2.64. The van der Waals surface area contributed by atoms with Crippen molar-refractivity contribution in [1.29, 1.82) is 5.26 Å². The fourth-order valence-corrected chi connectivity index (χ4v) is 3.06. The lowest BCUT2D eigenvalue weighted by atomic mass is 10.1. The van der Waals surface area contributed by atoms with Gasteiger partial charge in [-0.1, -0.05) is 0 Å². The lowest BCUT2D eigenvalue weighted by Gasteiger charge is -2.35. The van der Waals surface area contributed by atoms with Crippen LogP contribution in [0.4, 0.5) is 0 Å². The second-order valence-corrected chi connectivity index (χ2v) is 6.05. The van der Waals surface area contributed by atoms with Gasteiger partial charge in [-0.25, -0.2) is 0 Å². The van der Waals surface area contributed by atoms with Crippen LogP contribution in [0, 0.1) is 11.3 Å². The van der Waals surface area contributed by atoms with Crippen LogP contribution in [-0.2, 0) is 13.1 Å². The molecule has 5 nitrogen and oxygen atoms in total. The van der Waals surface area contributed by atoms with E-state index < -0.39 is 0 Å². The van der Waals surface area contributed by atoms with Crippen LogP contribution in [0.1, 0.15) is 16.7 Å². The van der Waals surface area contributed by atoms with Crippen LogP contribution >= 0.6 is 0 Å². The lowest BCUT2D eigenvalue weighted by Crippen LogP contribution is -2.45. The van der Waals surface area contributed by atoms with Gasteiger partial charge >= 0.3 is 0 Å². The second-order valence-electron chi connectivity index (χ2n) is 6.05. The summed E-state index contributed by atoms with van der Waals surface area (Å²) in [5.74, 6) is 0.855. The number of methoxy groups -OCH3 is 1. The Morgan fingerprint density at radius 2 is 1.71 bits per heavy atom. The number of benzene rings is 1. The van der Waals surface area contributed by atoms with E-state index in [2.05, 4.69) is 33.0 Å². The number of nitriles is 1. The minimum Gasteiger partial charge on any atom is -0.496 e. The van der Waals surface area contributed by atoms with Crippen LogP contribution < -0.4 is 4.74 Å². The third kappa shape index (κ3) is 4.10. The highest BCUT2D eigenvalue weighted by molar-refractivity contribution is 5.42. The molecule has 1 aliphatic heterocycles. The first-order valence-electron chi connectivity index (χ1n) is 8.19. The van der Waals surface area contributed by atoms with Gasteiger partial charge in [0.15, 0.2) is 0 Å². The van der Waals surface area contributed by atoms with E-state index in [0.717, 1.165) is 50.6 Å². The summed E-state index contributed by atoms with van der Waals surface area (Å²) in [5, 5.41) is 9.09. The molecule has 0 aliphatic carbocycles. The van der Waals surface area contributed by atoms with Gasteiger partial charge in [0.25, 0.3) is 0 Å². The van der Waals surface area contributed by atoms with Gasteiger partial charge in [-0.2, -0.15) is 5.26 Å². The number of aromatic nitrogens is 1. The minimum atomic E-state index is 0.683. The van der Waals surface area contributed by atoms with Crippen LogP contribution in [0.25, 0.3) is 0 Å². The molecule has 1 aliphatic rings. The van der Waals surface area contributed by atoms with Crippen molar-refractivity contribution in [3.63, 3.8) is 0 Å². The molecule has 2 heterocycles. The van der Waals surface area contributed by atoms with Crippen LogP contribution in [0.15, 0.2) is 42.7 Å². The Labute approximate surface area is 143 Å². The molecule has 24 heavy (non-hydrogen) atoms. The highest BCUT2D eigenvalue weighted by Crippen LogP contribution is 2.22. The van der Waals surface area contributed by atoms with Crippen LogP contribution in [0.5, 0.6) is 5.75 Å². The molecule has 0 saturated carbocycles. The quantitative estimate of drug-likeness (QED) is 0.845. The van der Waals surface area contributed by atoms with Crippen LogP contribution in [-0.4, -0.2) is 48.1 Å². The maximum atomic E-state index is 9.09. The number of ether oxygens (including phenoxy) is 1. The van der Waals surface area contributed by atoms with E-state index in [-0.39, 0.29) is 0 Å². The zero-order chi connectivity index (χ0) is 16.8. The van der Waals surface area contributed by atoms with Crippen LogP contribution in [0.3, 0.4) is 0 Å². The van der Waals surface area contributed by atoms with Gasteiger partial charge in [0.05, 0.1) is 18.7 Å². The van der Waals surface area contributed by atoms with E-state index in [0.29, 0.717) is 5.56 Å². The molecule has 1 aromatic heterocycles. The molecule has 1 aromatic carbocycles. The molecule has 0 radical (unpaired) electrons. The SMILES string of the molecule is COc1ccc(C#N)cc1CN1CCN(Cc2ccncc2)CC1. The Bertz CT molecular complexity index is 703. The van der Waals surface area contributed by atoms with Crippen molar-refractivity contribution >= 4 is 0 Å². The predicted octanol–water partition coefficient (Wildman–Crippen LogP) is 2.28. The highest BCUT2D eigenvalue weighted by Gasteiger charge is 2.18. The van der Waals surface area contributed by atoms with Gasteiger partial charge in [-0.3, -0.25) is 14.8 Å². The molecule has 124 valence electrons. The molecular weight excluding hydrogens is 300 g/mol. The summed E-state index contributed by atoms with van der Waals surface area (Å²) in [5.41, 5.74) is 3.07. The van der Waals surface area contributed by atoms with Crippen molar-refractivity contribution in [2.75, 3.05) is 33.3 Å². The number of rotatable bonds is 5. The summed E-state index contributed by atoms with van der Waals surface area (Å²) in [4.78, 5) is 8.95. The number of piperazine rings is 1. The fourth-order valence-electron chi connectivity index (χ4n) is 3.06. The topological polar surface area (TPSA) is 52.4 Å². The van der Waals surface area contributed by atoms with Crippen molar-refractivity contribution in [2.24, 2.45) is 0 Å². The first kappa shape index (κ1) is 16.4. The molecular formula is C19H22N4O. The lowest BCUT2D eigenvalue weighted by molar-refractivity contribution is 0.121. The fraction of sp³-hybridized carbons (Fsp3) is 0.368. The zero-order valence-corrected chi connectivity index (χ0v) is 14.0. The summed E-state index contributed by atoms with van der Waals surface area (Å²) >= 11 is 0. The second kappa shape index (κ2) is 7.91. The Balaban J connectivity index is 1.57. The number of pyridine rings is 1. The normalized spacial score (nSPS) is 15.8. The molecule has 3 rings (SSSR count). The standard InChI is InChI=1S/C19H22N4O/c1-24-19-3-2-17(13-20)12-18(19)15-23-10-8-22(9-11-23)14-16-4-6-21-7-5-16/h2-7,12H,8-11,14-15H2,1H3. The number of hydrogen-bond acceptors (Lipinski definition) is 5. The summed E-state index contributed by atoms with van der Waals surface area (Å²) in [6, 6.07) is 12.0. The molecule has 0 N–H and O–H groups in total. The molecule has 0 unspecified atom stereocenters. The maximum Gasteiger partial charge on any atom is 0.123 e. The Kier molecular flexibility index (Phi) is 5.42. The van der Waals surface area contributed by atoms with E-state index in [9.17, 15) is 0 Å². The van der Waals surface area contributed by atoms with E-state index in [1.54, 1.807) is 13.2 Å². The van der Waals surface area contributed by atoms with Crippen LogP contribution in [0.2, 0.25) is 0 Å². The third-order valence-corrected chi connectivity index (χ3v) is 4.42. The van der Waals surface area contributed by atoms with E-state index in [1.807, 2.05) is 24.5 Å². The summed E-state index contributed by atoms with van der Waals surface area (Å²) in [7, 11) is 1.68. The summed E-state index contributed by atoms with van der Waals surface area (Å²) in [6.07, 6.45) is 3.69. The van der Waals surface area contributed by atoms with Crippen molar-refractivity contribution < 1.29 is 4.74 Å². The zero-order valence-electron chi connectivity index (χ0n) is 14.0. The van der Waals surface area contributed by atoms with E-state index in [1.165, 1.54) is 5.56 Å². The van der Waals surface area contributed by atoms with Gasteiger partial charge < -0.3 is 4.74 Å². The maximum absolute atomic E-state index is 9.09. The largest absolute Gasteiger partial charge is 0.496 e. The Morgan fingerprint density at radius 1 is 1.04 bits per heavy atom. The molecule has 2 aromatic rings. The number of nitrogens with zero attached hydrogens (tertiary/aromatic N) is 4. The monoisotopic (exact) mass is 322 g/mol. The predicted molar refractivity (Wildman–Crippen MR) is 92.5 cm³/mol. The van der Waals surface area contributed by atoms with Crippen molar-refractivity contribution in [3.05, 3.63) is 59.4 Å². The number of hydrogen-bond donors (Lipinski definition) is 0. The highest BCUT2D eigenvalue weighted by atomic mass is 16.5. The van der Waals surface area contributed by atoms with Crippen molar-refractivity contribution in [3.8, 4) is 11.8 Å². The molecule has 0 bridgehead atoms. The third-order valence-electron chi connectivity index (χ3n) is 4.42. The molecule has 0 spiro atoms. The van der Waals surface area contributed by atoms with Crippen molar-refractivity contribution in [1.82, 2.24) is 14.8 Å². The van der Waals surface area contributed by atoms with Gasteiger partial charge in [-0.05, 0) is 35.9 Å². The molecule has 1 fully saturated rings. The minimum absolute atomic E-state index is 0.683. The summed E-state index contributed by atoms with van der Waals surface area (Å²) in [6.45, 7) is 5.92. The Morgan fingerprint density at radius 3 is 2.33 bits per heavy atom. The molecule has 0 atom stereocenters. The Hall–Kier alpha value is -2.42. The van der Waals surface area contributed by atoms with E-state index >= 15 is 0 Å². The summed E-state index contributed by atoms with van der Waals surface area (Å²) < 4.78 is 5.43. The van der Waals surface area contributed by atoms with E-state index in [4.69, 9.17) is 10.00 Å². The van der Waals surface area contributed by atoms with Crippen molar-refractivity contribution in [2.45, 2.75) is 13.1 Å². The van der Waals surface area contributed by atoms with Gasteiger partial charge in [0, 0.05) is 57.2 Å². The average molecular weight is 322 g/mol. The van der Waals surface area contributed by atoms with Gasteiger partial charge in [0.1, 0.15) is 5.75 Å².